The van der Waals surface area contributed by atoms with Gasteiger partial charge < -0.3 is 20.1 Å². The molecule has 128 valence electrons. The van der Waals surface area contributed by atoms with Gasteiger partial charge in [0, 0.05) is 43.9 Å². The van der Waals surface area contributed by atoms with Gasteiger partial charge in [-0.3, -0.25) is 4.79 Å². The molecule has 1 aliphatic rings. The number of anilines is 1. The summed E-state index contributed by atoms with van der Waals surface area (Å²) in [7, 11) is 3.60. The van der Waals surface area contributed by atoms with Crippen LogP contribution in [0.2, 0.25) is 0 Å². The zero-order valence-corrected chi connectivity index (χ0v) is 14.6. The largest absolute Gasteiger partial charge is 0.389 e. The number of amides is 1. The summed E-state index contributed by atoms with van der Waals surface area (Å²) in [5, 5.41) is 14.8. The fraction of sp³-hybridized carbons (Fsp3) is 0.412. The lowest BCUT2D eigenvalue weighted by Crippen LogP contribution is -2.34. The number of hydrogen-bond acceptors (Lipinski definition) is 6. The van der Waals surface area contributed by atoms with Gasteiger partial charge >= 0.3 is 0 Å². The molecule has 0 unspecified atom stereocenters. The van der Waals surface area contributed by atoms with Crippen LogP contribution in [0.1, 0.15) is 16.1 Å². The zero-order chi connectivity index (χ0) is 17.1. The molecule has 0 saturated carbocycles. The number of nitrogens with zero attached hydrogens (tertiary/aromatic N) is 2. The Labute approximate surface area is 145 Å². The van der Waals surface area contributed by atoms with Crippen LogP contribution in [0.5, 0.6) is 0 Å². The first kappa shape index (κ1) is 16.9. The monoisotopic (exact) mass is 347 g/mol. The number of carbonyl (C=O) groups is 1. The quantitative estimate of drug-likeness (QED) is 0.829. The van der Waals surface area contributed by atoms with Crippen molar-refractivity contribution in [3.63, 3.8) is 0 Å². The van der Waals surface area contributed by atoms with Crippen LogP contribution in [0.3, 0.4) is 0 Å². The fourth-order valence-corrected chi connectivity index (χ4v) is 3.56. The average molecular weight is 347 g/mol. The van der Waals surface area contributed by atoms with E-state index in [1.165, 1.54) is 29.7 Å². The SMILES string of the molecule is COC[C@@H](O)CNC(=O)c1csc(-c2ccc3c(c2)CCN3C)n1. The van der Waals surface area contributed by atoms with E-state index < -0.39 is 6.10 Å². The fourth-order valence-electron chi connectivity index (χ4n) is 2.76. The summed E-state index contributed by atoms with van der Waals surface area (Å²) in [5.74, 6) is -0.284. The van der Waals surface area contributed by atoms with Gasteiger partial charge in [0.25, 0.3) is 5.91 Å². The summed E-state index contributed by atoms with van der Waals surface area (Å²) < 4.78 is 4.83. The highest BCUT2D eigenvalue weighted by atomic mass is 32.1. The molecule has 0 fully saturated rings. The molecular formula is C17H21N3O3S. The maximum atomic E-state index is 12.1. The van der Waals surface area contributed by atoms with Crippen molar-refractivity contribution in [2.75, 3.05) is 38.8 Å². The Morgan fingerprint density at radius 2 is 2.38 bits per heavy atom. The van der Waals surface area contributed by atoms with Gasteiger partial charge in [-0.25, -0.2) is 4.98 Å². The predicted octanol–water partition coefficient (Wildman–Crippen LogP) is 1.54. The number of benzene rings is 1. The van der Waals surface area contributed by atoms with Crippen LogP contribution in [0.25, 0.3) is 10.6 Å². The Morgan fingerprint density at radius 3 is 3.17 bits per heavy atom. The van der Waals surface area contributed by atoms with Gasteiger partial charge in [-0.05, 0) is 30.2 Å². The Bertz CT molecular complexity index is 732. The molecule has 2 heterocycles. The lowest BCUT2D eigenvalue weighted by molar-refractivity contribution is 0.0609. The molecule has 6 nitrogen and oxygen atoms in total. The number of likely N-dealkylation sites (N-methyl/N-ethyl adjacent to an activating group) is 1. The van der Waals surface area contributed by atoms with Crippen molar-refractivity contribution in [3.8, 4) is 10.6 Å². The van der Waals surface area contributed by atoms with Gasteiger partial charge in [0.1, 0.15) is 10.7 Å². The van der Waals surface area contributed by atoms with Crippen LogP contribution in [0.15, 0.2) is 23.6 Å². The van der Waals surface area contributed by atoms with E-state index in [0.29, 0.717) is 5.69 Å². The van der Waals surface area contributed by atoms with E-state index in [1.807, 2.05) is 6.07 Å². The Balaban J connectivity index is 1.68. The predicted molar refractivity (Wildman–Crippen MR) is 94.7 cm³/mol. The van der Waals surface area contributed by atoms with E-state index >= 15 is 0 Å². The first-order valence-corrected chi connectivity index (χ1v) is 8.71. The number of rotatable bonds is 6. The minimum absolute atomic E-state index is 0.144. The second-order valence-corrected chi connectivity index (χ2v) is 6.73. The maximum Gasteiger partial charge on any atom is 0.270 e. The van der Waals surface area contributed by atoms with Crippen molar-refractivity contribution in [2.24, 2.45) is 0 Å². The van der Waals surface area contributed by atoms with E-state index in [9.17, 15) is 9.90 Å². The summed E-state index contributed by atoms with van der Waals surface area (Å²) in [6.45, 7) is 1.37. The lowest BCUT2D eigenvalue weighted by Gasteiger charge is -2.11. The normalized spacial score (nSPS) is 14.5. The molecule has 1 atom stereocenters. The van der Waals surface area contributed by atoms with Crippen molar-refractivity contribution in [1.29, 1.82) is 0 Å². The van der Waals surface area contributed by atoms with Gasteiger partial charge in [0.15, 0.2) is 0 Å². The standard InChI is InChI=1S/C17H21N3O3S/c1-20-6-5-11-7-12(3-4-15(11)20)17-19-14(10-24-17)16(22)18-8-13(21)9-23-2/h3-4,7,10,13,21H,5-6,8-9H2,1-2H3,(H,18,22)/t13-/m0/s1. The highest BCUT2D eigenvalue weighted by molar-refractivity contribution is 7.13. The molecule has 0 spiro atoms. The van der Waals surface area contributed by atoms with E-state index in [2.05, 4.69) is 34.4 Å². The number of methoxy groups -OCH3 is 1. The number of aromatic nitrogens is 1. The first-order valence-electron chi connectivity index (χ1n) is 7.83. The number of aliphatic hydroxyl groups is 1. The summed E-state index contributed by atoms with van der Waals surface area (Å²) in [6, 6.07) is 6.31. The number of aliphatic hydroxyl groups excluding tert-OH is 1. The molecule has 0 saturated heterocycles. The summed E-state index contributed by atoms with van der Waals surface area (Å²) in [4.78, 5) is 18.8. The number of carbonyl (C=O) groups excluding carboxylic acids is 1. The van der Waals surface area contributed by atoms with Crippen molar-refractivity contribution >= 4 is 22.9 Å². The molecule has 1 aliphatic heterocycles. The molecule has 1 aromatic carbocycles. The number of fused-ring (bicyclic) bond motifs is 1. The van der Waals surface area contributed by atoms with Crippen LogP contribution in [0.4, 0.5) is 5.69 Å². The molecule has 1 amide bonds. The van der Waals surface area contributed by atoms with Crippen LogP contribution in [-0.4, -0.2) is 56.0 Å². The first-order chi connectivity index (χ1) is 11.6. The number of thiazole rings is 1. The molecule has 7 heteroatoms. The Hall–Kier alpha value is -1.96. The van der Waals surface area contributed by atoms with E-state index in [0.717, 1.165) is 23.5 Å². The maximum absolute atomic E-state index is 12.1. The summed E-state index contributed by atoms with van der Waals surface area (Å²) in [6.07, 6.45) is 0.321. The van der Waals surface area contributed by atoms with Gasteiger partial charge in [0.05, 0.1) is 12.7 Å². The second kappa shape index (κ2) is 7.29. The van der Waals surface area contributed by atoms with Gasteiger partial charge in [-0.1, -0.05) is 0 Å². The van der Waals surface area contributed by atoms with Crippen molar-refractivity contribution in [1.82, 2.24) is 10.3 Å². The third-order valence-corrected chi connectivity index (χ3v) is 4.94. The van der Waals surface area contributed by atoms with Crippen molar-refractivity contribution < 1.29 is 14.6 Å². The molecule has 2 N–H and O–H groups in total. The third-order valence-electron chi connectivity index (χ3n) is 4.05. The Morgan fingerprint density at radius 1 is 1.54 bits per heavy atom. The van der Waals surface area contributed by atoms with Gasteiger partial charge in [-0.2, -0.15) is 0 Å². The second-order valence-electron chi connectivity index (χ2n) is 5.87. The molecule has 24 heavy (non-hydrogen) atoms. The van der Waals surface area contributed by atoms with E-state index in [1.54, 1.807) is 5.38 Å². The summed E-state index contributed by atoms with van der Waals surface area (Å²) in [5.41, 5.74) is 3.99. The molecule has 0 bridgehead atoms. The van der Waals surface area contributed by atoms with Crippen molar-refractivity contribution in [3.05, 3.63) is 34.8 Å². The minimum Gasteiger partial charge on any atom is -0.389 e. The molecule has 1 aromatic heterocycles. The van der Waals surface area contributed by atoms with Gasteiger partial charge in [-0.15, -0.1) is 11.3 Å². The number of ether oxygens (including phenoxy) is 1. The molecular weight excluding hydrogens is 326 g/mol. The third kappa shape index (κ3) is 3.58. The van der Waals surface area contributed by atoms with E-state index in [-0.39, 0.29) is 19.1 Å². The number of hydrogen-bond donors (Lipinski definition) is 2. The Kier molecular flexibility index (Phi) is 5.13. The molecule has 0 radical (unpaired) electrons. The lowest BCUT2D eigenvalue weighted by atomic mass is 10.1. The van der Waals surface area contributed by atoms with E-state index in [4.69, 9.17) is 4.74 Å². The van der Waals surface area contributed by atoms with Crippen molar-refractivity contribution in [2.45, 2.75) is 12.5 Å². The topological polar surface area (TPSA) is 74.7 Å². The highest BCUT2D eigenvalue weighted by Crippen LogP contribution is 2.32. The smallest absolute Gasteiger partial charge is 0.270 e. The van der Waals surface area contributed by atoms with Crippen LogP contribution in [0, 0.1) is 0 Å². The van der Waals surface area contributed by atoms with Crippen LogP contribution in [-0.2, 0) is 11.2 Å². The molecule has 2 aromatic rings. The average Bonchev–Trinajstić information content (AvgIpc) is 3.20. The van der Waals surface area contributed by atoms with Crippen LogP contribution < -0.4 is 10.2 Å². The van der Waals surface area contributed by atoms with Gasteiger partial charge in [0.2, 0.25) is 0 Å². The number of nitrogens with one attached hydrogen (secondary N) is 1. The van der Waals surface area contributed by atoms with Crippen LogP contribution >= 0.6 is 11.3 Å². The molecule has 3 rings (SSSR count). The highest BCUT2D eigenvalue weighted by Gasteiger charge is 2.18. The minimum atomic E-state index is -0.717. The molecule has 0 aliphatic carbocycles. The summed E-state index contributed by atoms with van der Waals surface area (Å²) >= 11 is 1.45. The zero-order valence-electron chi connectivity index (χ0n) is 13.8.